The molecule has 9 aromatic carbocycles. The summed E-state index contributed by atoms with van der Waals surface area (Å²) in [6, 6.07) is 71.5. The third kappa shape index (κ3) is 5.27. The molecule has 0 aliphatic carbocycles. The van der Waals surface area contributed by atoms with E-state index in [2.05, 4.69) is 187 Å². The van der Waals surface area contributed by atoms with Crippen molar-refractivity contribution in [2.75, 3.05) is 4.90 Å². The van der Waals surface area contributed by atoms with Gasteiger partial charge in [0.2, 0.25) is 0 Å². The molecule has 0 bridgehead atoms. The van der Waals surface area contributed by atoms with Crippen LogP contribution < -0.4 is 4.90 Å². The summed E-state index contributed by atoms with van der Waals surface area (Å²) < 4.78 is 15.4. The minimum Gasteiger partial charge on any atom is -0.456 e. The highest BCUT2D eigenvalue weighted by Gasteiger charge is 2.18. The van der Waals surface area contributed by atoms with E-state index in [0.29, 0.717) is 0 Å². The van der Waals surface area contributed by atoms with Crippen LogP contribution in [-0.2, 0) is 0 Å². The van der Waals surface area contributed by atoms with E-state index in [0.717, 1.165) is 83.2 Å². The van der Waals surface area contributed by atoms with Crippen molar-refractivity contribution in [1.29, 1.82) is 0 Å². The Labute approximate surface area is 338 Å². The van der Waals surface area contributed by atoms with Crippen molar-refractivity contribution < 1.29 is 8.83 Å². The second-order valence-electron chi connectivity index (χ2n) is 14.8. The van der Waals surface area contributed by atoms with Gasteiger partial charge in [-0.2, -0.15) is 0 Å². The summed E-state index contributed by atoms with van der Waals surface area (Å²) in [6.07, 6.45) is 0. The van der Waals surface area contributed by atoms with Crippen LogP contribution in [0.3, 0.4) is 0 Å². The Balaban J connectivity index is 0.957. The molecule has 0 fully saturated rings. The number of anilines is 3. The molecular weight excluding hydrogens is 727 g/mol. The maximum absolute atomic E-state index is 6.49. The first-order chi connectivity index (χ1) is 28.7. The zero-order valence-corrected chi connectivity index (χ0v) is 32.0. The molecule has 3 nitrogen and oxygen atoms in total. The van der Waals surface area contributed by atoms with E-state index >= 15 is 0 Å². The maximum Gasteiger partial charge on any atom is 0.143 e. The van der Waals surface area contributed by atoms with E-state index in [1.165, 1.54) is 31.3 Å². The Kier molecular flexibility index (Phi) is 7.40. The molecular formula is C54H33NO2S. The molecule has 0 atom stereocenters. The van der Waals surface area contributed by atoms with Gasteiger partial charge in [0.15, 0.2) is 0 Å². The highest BCUT2D eigenvalue weighted by Crippen LogP contribution is 2.43. The summed E-state index contributed by atoms with van der Waals surface area (Å²) in [5.74, 6) is 0. The molecule has 0 saturated carbocycles. The number of benzene rings is 9. The smallest absolute Gasteiger partial charge is 0.143 e. The van der Waals surface area contributed by atoms with Crippen LogP contribution >= 0.6 is 11.3 Å². The van der Waals surface area contributed by atoms with Gasteiger partial charge in [-0.25, -0.2) is 0 Å². The number of thiophene rings is 1. The van der Waals surface area contributed by atoms with E-state index in [9.17, 15) is 0 Å². The standard InChI is InChI=1S/C54H33NO2S/c1-2-10-35(11-3-1)42-15-8-16-44-46-32-37(24-30-50(46)57-54(42)44)34-20-25-38(26-21-34)55(40-29-31-49-47(33-40)43-12-4-6-17-48(43)56-49)39-27-22-36(23-28-39)41-14-9-19-52-53(41)45-13-5-7-18-51(45)58-52/h1-33H. The molecule has 0 amide bonds. The van der Waals surface area contributed by atoms with E-state index in [1.807, 2.05) is 29.5 Å². The van der Waals surface area contributed by atoms with Crippen LogP contribution in [0.2, 0.25) is 0 Å². The molecule has 12 aromatic rings. The molecule has 0 unspecified atom stereocenters. The third-order valence-corrected chi connectivity index (χ3v) is 12.6. The van der Waals surface area contributed by atoms with Crippen molar-refractivity contribution in [1.82, 2.24) is 0 Å². The minimum atomic E-state index is 0.879. The van der Waals surface area contributed by atoms with Gasteiger partial charge in [-0.1, -0.05) is 127 Å². The maximum atomic E-state index is 6.49. The molecule has 0 aliphatic rings. The van der Waals surface area contributed by atoms with Gasteiger partial charge in [0.1, 0.15) is 22.3 Å². The lowest BCUT2D eigenvalue weighted by Gasteiger charge is -2.26. The number of hydrogen-bond donors (Lipinski definition) is 0. The summed E-state index contributed by atoms with van der Waals surface area (Å²) in [5, 5.41) is 7.07. The van der Waals surface area contributed by atoms with Gasteiger partial charge in [0.05, 0.1) is 0 Å². The fourth-order valence-electron chi connectivity index (χ4n) is 8.73. The summed E-state index contributed by atoms with van der Waals surface area (Å²) in [4.78, 5) is 2.34. The molecule has 272 valence electrons. The molecule has 3 heterocycles. The number of nitrogens with zero attached hydrogens (tertiary/aromatic N) is 1. The zero-order chi connectivity index (χ0) is 38.2. The monoisotopic (exact) mass is 759 g/mol. The highest BCUT2D eigenvalue weighted by atomic mass is 32.1. The summed E-state index contributed by atoms with van der Waals surface area (Å²) in [5.41, 5.74) is 13.8. The van der Waals surface area contributed by atoms with Crippen LogP contribution in [0, 0.1) is 0 Å². The minimum absolute atomic E-state index is 0.879. The lowest BCUT2D eigenvalue weighted by atomic mass is 9.99. The Hall–Kier alpha value is -7.40. The van der Waals surface area contributed by atoms with Crippen LogP contribution in [0.1, 0.15) is 0 Å². The predicted molar refractivity (Wildman–Crippen MR) is 245 cm³/mol. The fraction of sp³-hybridized carbons (Fsp3) is 0. The molecule has 12 rings (SSSR count). The van der Waals surface area contributed by atoms with E-state index in [1.54, 1.807) is 0 Å². The Morgan fingerprint density at radius 3 is 1.74 bits per heavy atom. The predicted octanol–water partition coefficient (Wildman–Crippen LogP) is 16.3. The molecule has 0 radical (unpaired) electrons. The lowest BCUT2D eigenvalue weighted by Crippen LogP contribution is -2.09. The van der Waals surface area contributed by atoms with Crippen LogP contribution in [0.5, 0.6) is 0 Å². The average molecular weight is 760 g/mol. The first-order valence-electron chi connectivity index (χ1n) is 19.6. The first-order valence-corrected chi connectivity index (χ1v) is 20.4. The molecule has 0 aliphatic heterocycles. The van der Waals surface area contributed by atoms with Crippen LogP contribution in [0.15, 0.2) is 209 Å². The van der Waals surface area contributed by atoms with Crippen molar-refractivity contribution in [2.24, 2.45) is 0 Å². The lowest BCUT2D eigenvalue weighted by molar-refractivity contribution is 0.669. The number of rotatable bonds is 6. The van der Waals surface area contributed by atoms with E-state index in [4.69, 9.17) is 8.83 Å². The van der Waals surface area contributed by atoms with Crippen molar-refractivity contribution in [3.63, 3.8) is 0 Å². The van der Waals surface area contributed by atoms with Gasteiger partial charge in [0, 0.05) is 64.3 Å². The Morgan fingerprint density at radius 1 is 0.328 bits per heavy atom. The summed E-state index contributed by atoms with van der Waals surface area (Å²) >= 11 is 1.86. The van der Waals surface area contributed by atoms with Crippen molar-refractivity contribution in [2.45, 2.75) is 0 Å². The number of furan rings is 2. The third-order valence-electron chi connectivity index (χ3n) is 11.5. The molecule has 58 heavy (non-hydrogen) atoms. The average Bonchev–Trinajstić information content (AvgIpc) is 3.98. The second-order valence-corrected chi connectivity index (χ2v) is 15.9. The molecule has 3 aromatic heterocycles. The van der Waals surface area contributed by atoms with Gasteiger partial charge in [-0.05, 0) is 101 Å². The molecule has 4 heteroatoms. The van der Waals surface area contributed by atoms with Gasteiger partial charge >= 0.3 is 0 Å². The van der Waals surface area contributed by atoms with Crippen molar-refractivity contribution in [3.05, 3.63) is 200 Å². The fourth-order valence-corrected chi connectivity index (χ4v) is 9.86. The normalized spacial score (nSPS) is 11.8. The number of hydrogen-bond acceptors (Lipinski definition) is 4. The van der Waals surface area contributed by atoms with Gasteiger partial charge in [-0.3, -0.25) is 0 Å². The van der Waals surface area contributed by atoms with E-state index < -0.39 is 0 Å². The van der Waals surface area contributed by atoms with Crippen LogP contribution in [0.25, 0.3) is 97.4 Å². The van der Waals surface area contributed by atoms with Crippen LogP contribution in [0.4, 0.5) is 17.1 Å². The summed E-state index contributed by atoms with van der Waals surface area (Å²) in [6.45, 7) is 0. The number of fused-ring (bicyclic) bond motifs is 9. The Morgan fingerprint density at radius 2 is 0.897 bits per heavy atom. The first kappa shape index (κ1) is 32.8. The van der Waals surface area contributed by atoms with Gasteiger partial charge in [0.25, 0.3) is 0 Å². The second kappa shape index (κ2) is 13.1. The van der Waals surface area contributed by atoms with Gasteiger partial charge in [-0.15, -0.1) is 11.3 Å². The van der Waals surface area contributed by atoms with Crippen LogP contribution in [-0.4, -0.2) is 0 Å². The Bertz CT molecular complexity index is 3500. The zero-order valence-electron chi connectivity index (χ0n) is 31.2. The number of para-hydroxylation sites is 2. The molecule has 0 N–H and O–H groups in total. The summed E-state index contributed by atoms with van der Waals surface area (Å²) in [7, 11) is 0. The van der Waals surface area contributed by atoms with Crippen molar-refractivity contribution in [3.8, 4) is 33.4 Å². The highest BCUT2D eigenvalue weighted by molar-refractivity contribution is 7.25. The molecule has 0 spiro atoms. The largest absolute Gasteiger partial charge is 0.456 e. The van der Waals surface area contributed by atoms with Gasteiger partial charge < -0.3 is 13.7 Å². The quantitative estimate of drug-likeness (QED) is 0.169. The topological polar surface area (TPSA) is 29.5 Å². The van der Waals surface area contributed by atoms with E-state index in [-0.39, 0.29) is 0 Å². The molecule has 0 saturated heterocycles. The van der Waals surface area contributed by atoms with Crippen molar-refractivity contribution >= 4 is 92.4 Å². The SMILES string of the molecule is c1ccc(-c2cccc3c2oc2ccc(-c4ccc(N(c5ccc(-c6cccc7sc8ccccc8c67)cc5)c5ccc6oc7ccccc7c6c5)cc4)cc23)cc1.